The normalized spacial score (nSPS) is 25.3. The van der Waals surface area contributed by atoms with Crippen molar-refractivity contribution in [3.05, 3.63) is 199 Å². The SMILES string of the molecule is FC(F)(F)C1=CC(=C2C=C(C(F)(F)F)C=C[N-]2)[N-]C=C1.FC1=CC(F)C(=C2C=CC(C(F)(F)F)=C[N-]2)[C-]=C1.FC1=CC(F)C(=C2C=CC(C(F)(F)F)=C[N-]2)[C-]=C1.F[P-](F)(F)(F)(F)F.[Ir]. The summed E-state index contributed by atoms with van der Waals surface area (Å²) in [5, 5.41) is 14.3. The second-order valence-electron chi connectivity index (χ2n) is 12.0. The average Bonchev–Trinajstić information content (AvgIpc) is 3.13. The quantitative estimate of drug-likeness (QED) is 0.132. The van der Waals surface area contributed by atoms with E-state index >= 15 is 0 Å². The molecule has 2 unspecified atom stereocenters. The molecule has 0 aromatic rings. The van der Waals surface area contributed by atoms with Crippen molar-refractivity contribution in [3.63, 3.8) is 0 Å². The number of allylic oxidation sites excluding steroid dienone is 22. The molecule has 357 valence electrons. The third-order valence-corrected chi connectivity index (χ3v) is 7.06. The van der Waals surface area contributed by atoms with E-state index < -0.39 is 78.8 Å². The monoisotopic (exact) mass is 1150 g/mol. The zero-order chi connectivity index (χ0) is 48.0. The summed E-state index contributed by atoms with van der Waals surface area (Å²) in [5.74, 6) is -1.56. The average molecular weight is 1150 g/mol. The van der Waals surface area contributed by atoms with Gasteiger partial charge >= 0.3 is 57.7 Å². The molecule has 0 saturated heterocycles. The molecule has 0 bridgehead atoms. The van der Waals surface area contributed by atoms with Crippen molar-refractivity contribution >= 4 is 7.81 Å². The molecule has 4 heterocycles. The minimum atomic E-state index is -10.7. The number of hydrogen-bond donors (Lipinski definition) is 0. The van der Waals surface area contributed by atoms with Gasteiger partial charge in [0.15, 0.2) is 0 Å². The van der Waals surface area contributed by atoms with Crippen LogP contribution < -0.4 is 0 Å². The van der Waals surface area contributed by atoms with E-state index in [0.29, 0.717) is 36.7 Å². The van der Waals surface area contributed by atoms with Gasteiger partial charge < -0.3 is 21.3 Å². The molecule has 28 heteroatoms. The van der Waals surface area contributed by atoms with Crippen LogP contribution >= 0.6 is 7.81 Å². The van der Waals surface area contributed by atoms with Gasteiger partial charge in [-0.25, -0.2) is 20.2 Å². The van der Waals surface area contributed by atoms with Crippen LogP contribution in [0.5, 0.6) is 0 Å². The number of alkyl halides is 14. The van der Waals surface area contributed by atoms with Crippen molar-refractivity contribution in [3.8, 4) is 0 Å². The first-order valence-corrected chi connectivity index (χ1v) is 18.1. The summed E-state index contributed by atoms with van der Waals surface area (Å²) in [6, 6.07) is 0. The molecule has 6 aliphatic rings. The standard InChI is InChI=1S/C12H6F6N2.2C12H6F5N.F6P.Ir/c13-11(14,15)7-1-3-19-9(5-7)10-6-8(2-4-20-10)12(16,17)18;2*13-8-2-3-9(10(14)5-8)11-4-1-7(6-18-11)12(15,16)17;1-7(2,3,4,5)6;/h1-6H;2*1-2,4-6,10H;;/q3*-2;-1;. The molecule has 4 aliphatic heterocycles. The van der Waals surface area contributed by atoms with Gasteiger partial charge in [0.1, 0.15) is 12.3 Å². The fourth-order valence-corrected chi connectivity index (χ4v) is 4.36. The Balaban J connectivity index is 0.000000305. The van der Waals surface area contributed by atoms with Crippen molar-refractivity contribution in [1.29, 1.82) is 0 Å². The van der Waals surface area contributed by atoms with Gasteiger partial charge in [-0.2, -0.15) is 101 Å². The Hall–Kier alpha value is -5.16. The van der Waals surface area contributed by atoms with Crippen molar-refractivity contribution in [2.45, 2.75) is 37.0 Å². The number of rotatable bonds is 0. The van der Waals surface area contributed by atoms with Gasteiger partial charge in [0, 0.05) is 42.9 Å². The van der Waals surface area contributed by atoms with Crippen LogP contribution in [0.25, 0.3) is 21.3 Å². The predicted molar refractivity (Wildman–Crippen MR) is 185 cm³/mol. The van der Waals surface area contributed by atoms with Crippen molar-refractivity contribution in [1.82, 2.24) is 0 Å². The first-order chi connectivity index (χ1) is 28.4. The molecule has 0 spiro atoms. The molecule has 0 saturated carbocycles. The Morgan fingerprint density at radius 2 is 0.734 bits per heavy atom. The van der Waals surface area contributed by atoms with E-state index in [1.165, 1.54) is 0 Å². The molecular weight excluding hydrogens is 1130 g/mol. The first-order valence-electron chi connectivity index (χ1n) is 16.0. The first kappa shape index (κ1) is 55.0. The molecule has 0 N–H and O–H groups in total. The molecule has 1 radical (unpaired) electrons. The van der Waals surface area contributed by atoms with Crippen LogP contribution in [-0.4, -0.2) is 37.0 Å². The third kappa shape index (κ3) is 18.9. The minimum absolute atomic E-state index is 0. The van der Waals surface area contributed by atoms with Gasteiger partial charge in [-0.15, -0.1) is 35.5 Å². The summed E-state index contributed by atoms with van der Waals surface area (Å²) in [6.07, 6.45) is -4.49. The van der Waals surface area contributed by atoms with E-state index in [2.05, 4.69) is 33.4 Å². The molecule has 2 aliphatic carbocycles. The van der Waals surface area contributed by atoms with Crippen LogP contribution in [0.2, 0.25) is 0 Å². The molecule has 64 heavy (non-hydrogen) atoms. The number of halogens is 22. The summed E-state index contributed by atoms with van der Waals surface area (Å²) in [5.41, 5.74) is -4.59. The Morgan fingerprint density at radius 3 is 0.969 bits per heavy atom. The Morgan fingerprint density at radius 1 is 0.438 bits per heavy atom. The fraction of sp³-hybridized carbons (Fsp3) is 0.167. The van der Waals surface area contributed by atoms with Gasteiger partial charge in [-0.05, 0) is 0 Å². The Bertz CT molecular complexity index is 2110. The molecule has 0 aromatic carbocycles. The maximum absolute atomic E-state index is 13.4. The van der Waals surface area contributed by atoms with Crippen LogP contribution in [0.1, 0.15) is 0 Å². The van der Waals surface area contributed by atoms with E-state index in [1.54, 1.807) is 0 Å². The van der Waals surface area contributed by atoms with E-state index in [9.17, 15) is 95.4 Å². The van der Waals surface area contributed by atoms with Crippen LogP contribution in [0.15, 0.2) is 166 Å². The summed E-state index contributed by atoms with van der Waals surface area (Å²) >= 11 is 0. The fourth-order valence-electron chi connectivity index (χ4n) is 4.36. The predicted octanol–water partition coefficient (Wildman–Crippen LogP) is 16.7. The Kier molecular flexibility index (Phi) is 16.8. The molecule has 4 nitrogen and oxygen atoms in total. The summed E-state index contributed by atoms with van der Waals surface area (Å²) in [6.45, 7) is 0. The molecular formula is C36H18F22IrN4P-7. The number of nitrogens with zero attached hydrogens (tertiary/aromatic N) is 4. The summed E-state index contributed by atoms with van der Waals surface area (Å²) in [7, 11) is -10.7. The molecule has 0 fully saturated rings. The topological polar surface area (TPSA) is 56.4 Å². The van der Waals surface area contributed by atoms with Crippen molar-refractivity contribution < 1.29 is 116 Å². The summed E-state index contributed by atoms with van der Waals surface area (Å²) < 4.78 is 260. The Labute approximate surface area is 358 Å². The maximum atomic E-state index is 13.4. The smallest absolute Gasteiger partial charge is 0 e. The van der Waals surface area contributed by atoms with Crippen LogP contribution in [0, 0.1) is 12.2 Å². The maximum Gasteiger partial charge on any atom is 0 e. The molecule has 0 aromatic heterocycles. The number of hydrogen-bond acceptors (Lipinski definition) is 0. The van der Waals surface area contributed by atoms with E-state index in [4.69, 9.17) is 0 Å². The van der Waals surface area contributed by atoms with Crippen LogP contribution in [-0.2, 0) is 20.1 Å². The van der Waals surface area contributed by atoms with E-state index in [0.717, 1.165) is 61.0 Å². The van der Waals surface area contributed by atoms with Gasteiger partial charge in [-0.3, -0.25) is 8.78 Å². The van der Waals surface area contributed by atoms with Crippen LogP contribution in [0.4, 0.5) is 95.4 Å². The minimum Gasteiger partial charge on any atom is 0 e. The molecule has 2 atom stereocenters. The van der Waals surface area contributed by atoms with Crippen LogP contribution in [0.3, 0.4) is 0 Å². The second-order valence-corrected chi connectivity index (χ2v) is 13.9. The van der Waals surface area contributed by atoms with E-state index in [1.807, 2.05) is 0 Å². The van der Waals surface area contributed by atoms with Gasteiger partial charge in [-0.1, -0.05) is 48.6 Å². The van der Waals surface area contributed by atoms with Crippen molar-refractivity contribution in [2.75, 3.05) is 0 Å². The second kappa shape index (κ2) is 19.5. The van der Waals surface area contributed by atoms with Gasteiger partial charge in [0.25, 0.3) is 0 Å². The molecule has 6 rings (SSSR count). The zero-order valence-corrected chi connectivity index (χ0v) is 33.6. The van der Waals surface area contributed by atoms with Gasteiger partial charge in [0.05, 0.1) is 11.1 Å². The third-order valence-electron chi connectivity index (χ3n) is 7.06. The molecule has 0 amide bonds. The summed E-state index contributed by atoms with van der Waals surface area (Å²) in [4.78, 5) is 0. The largest absolute Gasteiger partial charge is 0 e. The zero-order valence-electron chi connectivity index (χ0n) is 30.3. The van der Waals surface area contributed by atoms with Gasteiger partial charge in [0.2, 0.25) is 0 Å². The van der Waals surface area contributed by atoms with Crippen molar-refractivity contribution in [2.24, 2.45) is 0 Å². The van der Waals surface area contributed by atoms with E-state index in [-0.39, 0.29) is 54.0 Å².